The minimum Gasteiger partial charge on any atom is -0.466 e. The Morgan fingerprint density at radius 1 is 0.739 bits per heavy atom. The summed E-state index contributed by atoms with van der Waals surface area (Å²) in [7, 11) is 1.36. The molecule has 0 aliphatic heterocycles. The largest absolute Gasteiger partial charge is 0.466 e. The summed E-state index contributed by atoms with van der Waals surface area (Å²) in [5, 5.41) is 0. The third-order valence-corrected chi connectivity index (χ3v) is 3.32. The highest BCUT2D eigenvalue weighted by Crippen LogP contribution is 2.08. The second-order valence-electron chi connectivity index (χ2n) is 5.38. The maximum atomic E-state index is 10.8. The average molecular weight is 316 g/mol. The molecule has 0 aromatic rings. The van der Waals surface area contributed by atoms with Crippen LogP contribution in [0, 0.1) is 0 Å². The van der Waals surface area contributed by atoms with Crippen LogP contribution in [0.5, 0.6) is 0 Å². The maximum absolute atomic E-state index is 10.8. The van der Waals surface area contributed by atoms with E-state index in [0.717, 1.165) is 0 Å². The van der Waals surface area contributed by atoms with Crippen LogP contribution >= 0.6 is 0 Å². The Kier molecular flexibility index (Phi) is 16.8. The van der Waals surface area contributed by atoms with Crippen LogP contribution in [0.1, 0.15) is 58.3 Å². The van der Waals surface area contributed by atoms with Gasteiger partial charge in [-0.3, -0.25) is 0 Å². The third kappa shape index (κ3) is 18.1. The van der Waals surface area contributed by atoms with Crippen molar-refractivity contribution in [2.45, 2.75) is 58.3 Å². The van der Waals surface area contributed by atoms with Crippen molar-refractivity contribution in [3.8, 4) is 0 Å². The SMILES string of the molecule is CCCCCCCCCC=CC=CC=CC=CC=CC(=O)OC. The summed E-state index contributed by atoms with van der Waals surface area (Å²) in [4.78, 5) is 10.8. The van der Waals surface area contributed by atoms with Crippen molar-refractivity contribution < 1.29 is 9.53 Å². The maximum Gasteiger partial charge on any atom is 0.330 e. The smallest absolute Gasteiger partial charge is 0.330 e. The zero-order valence-corrected chi connectivity index (χ0v) is 14.7. The molecule has 0 aliphatic carbocycles. The molecule has 0 atom stereocenters. The van der Waals surface area contributed by atoms with Gasteiger partial charge in [-0.1, -0.05) is 100 Å². The first-order chi connectivity index (χ1) is 11.3. The highest BCUT2D eigenvalue weighted by Gasteiger charge is 1.88. The normalized spacial score (nSPS) is 12.6. The zero-order chi connectivity index (χ0) is 17.0. The van der Waals surface area contributed by atoms with Gasteiger partial charge >= 0.3 is 5.97 Å². The van der Waals surface area contributed by atoms with Gasteiger partial charge in [-0.05, 0) is 12.8 Å². The van der Waals surface area contributed by atoms with Crippen LogP contribution in [-0.2, 0) is 9.53 Å². The van der Waals surface area contributed by atoms with E-state index in [4.69, 9.17) is 0 Å². The van der Waals surface area contributed by atoms with Gasteiger partial charge in [0.2, 0.25) is 0 Å². The van der Waals surface area contributed by atoms with Gasteiger partial charge in [0.15, 0.2) is 0 Å². The number of allylic oxidation sites excluding steroid dienone is 9. The molecule has 2 nitrogen and oxygen atoms in total. The molecule has 23 heavy (non-hydrogen) atoms. The number of hydrogen-bond donors (Lipinski definition) is 0. The van der Waals surface area contributed by atoms with Gasteiger partial charge in [0.25, 0.3) is 0 Å². The lowest BCUT2D eigenvalue weighted by Gasteiger charge is -1.98. The Morgan fingerprint density at radius 3 is 1.87 bits per heavy atom. The Hall–Kier alpha value is -1.83. The highest BCUT2D eigenvalue weighted by atomic mass is 16.5. The molecule has 128 valence electrons. The third-order valence-electron chi connectivity index (χ3n) is 3.32. The summed E-state index contributed by atoms with van der Waals surface area (Å²) in [6.45, 7) is 2.26. The quantitative estimate of drug-likeness (QED) is 0.178. The van der Waals surface area contributed by atoms with Crippen molar-refractivity contribution in [2.24, 2.45) is 0 Å². The minimum atomic E-state index is -0.343. The van der Waals surface area contributed by atoms with E-state index in [2.05, 4.69) is 23.8 Å². The van der Waals surface area contributed by atoms with Gasteiger partial charge in [-0.15, -0.1) is 0 Å². The van der Waals surface area contributed by atoms with E-state index >= 15 is 0 Å². The number of rotatable bonds is 13. The molecule has 0 fully saturated rings. The van der Waals surface area contributed by atoms with Crippen molar-refractivity contribution in [3.05, 3.63) is 60.8 Å². The van der Waals surface area contributed by atoms with E-state index < -0.39 is 0 Å². The fourth-order valence-corrected chi connectivity index (χ4v) is 1.98. The van der Waals surface area contributed by atoms with Crippen LogP contribution in [0.4, 0.5) is 0 Å². The summed E-state index contributed by atoms with van der Waals surface area (Å²) >= 11 is 0. The van der Waals surface area contributed by atoms with E-state index in [1.54, 1.807) is 12.2 Å². The fourth-order valence-electron chi connectivity index (χ4n) is 1.98. The Bertz CT molecular complexity index is 412. The lowest BCUT2D eigenvalue weighted by molar-refractivity contribution is -0.134. The van der Waals surface area contributed by atoms with Crippen LogP contribution in [0.3, 0.4) is 0 Å². The highest BCUT2D eigenvalue weighted by molar-refractivity contribution is 5.82. The Balaban J connectivity index is 3.54. The lowest BCUT2D eigenvalue weighted by Crippen LogP contribution is -1.92. The van der Waals surface area contributed by atoms with E-state index in [1.165, 1.54) is 64.6 Å². The van der Waals surface area contributed by atoms with E-state index in [9.17, 15) is 4.79 Å². The topological polar surface area (TPSA) is 26.3 Å². The molecular weight excluding hydrogens is 284 g/mol. The second-order valence-corrected chi connectivity index (χ2v) is 5.38. The zero-order valence-electron chi connectivity index (χ0n) is 14.7. The van der Waals surface area contributed by atoms with Gasteiger partial charge in [-0.2, -0.15) is 0 Å². The molecule has 0 aromatic heterocycles. The Labute approximate surface area is 142 Å². The van der Waals surface area contributed by atoms with Crippen LogP contribution < -0.4 is 0 Å². The van der Waals surface area contributed by atoms with E-state index in [-0.39, 0.29) is 5.97 Å². The molecule has 0 saturated carbocycles. The minimum absolute atomic E-state index is 0.343. The van der Waals surface area contributed by atoms with Gasteiger partial charge in [0, 0.05) is 6.08 Å². The molecule has 0 unspecified atom stereocenters. The number of carbonyl (C=O) groups excluding carboxylic acids is 1. The second kappa shape index (κ2) is 18.2. The number of esters is 1. The molecule has 0 amide bonds. The standard InChI is InChI=1S/C21H32O2/c1-3-4-5-6-7-8-9-10-11-12-13-14-15-16-17-18-19-20-21(22)23-2/h11-20H,3-10H2,1-2H3. The first kappa shape index (κ1) is 21.2. The lowest BCUT2D eigenvalue weighted by atomic mass is 10.1. The van der Waals surface area contributed by atoms with Crippen LogP contribution in [0.15, 0.2) is 60.8 Å². The molecule has 0 saturated heterocycles. The molecule has 0 aliphatic rings. The first-order valence-electron chi connectivity index (χ1n) is 8.72. The van der Waals surface area contributed by atoms with Crippen LogP contribution in [0.2, 0.25) is 0 Å². The molecule has 0 heterocycles. The number of methoxy groups -OCH3 is 1. The number of unbranched alkanes of at least 4 members (excludes halogenated alkanes) is 7. The van der Waals surface area contributed by atoms with Gasteiger partial charge in [0.05, 0.1) is 7.11 Å². The molecule has 0 radical (unpaired) electrons. The molecule has 2 heteroatoms. The first-order valence-corrected chi connectivity index (χ1v) is 8.72. The predicted molar refractivity (Wildman–Crippen MR) is 100 cm³/mol. The summed E-state index contributed by atoms with van der Waals surface area (Å²) in [6.07, 6.45) is 29.6. The fraction of sp³-hybridized carbons (Fsp3) is 0.476. The van der Waals surface area contributed by atoms with Crippen molar-refractivity contribution in [3.63, 3.8) is 0 Å². The number of ether oxygens (including phenoxy) is 1. The van der Waals surface area contributed by atoms with E-state index in [1.807, 2.05) is 30.4 Å². The van der Waals surface area contributed by atoms with Crippen molar-refractivity contribution in [2.75, 3.05) is 7.11 Å². The van der Waals surface area contributed by atoms with Gasteiger partial charge in [-0.25, -0.2) is 4.79 Å². The summed E-state index contributed by atoms with van der Waals surface area (Å²) in [5.74, 6) is -0.343. The molecule has 0 spiro atoms. The van der Waals surface area contributed by atoms with Crippen molar-refractivity contribution >= 4 is 5.97 Å². The van der Waals surface area contributed by atoms with Crippen LogP contribution in [-0.4, -0.2) is 13.1 Å². The monoisotopic (exact) mass is 316 g/mol. The molecule has 0 aromatic carbocycles. The van der Waals surface area contributed by atoms with Gasteiger partial charge in [0.1, 0.15) is 0 Å². The number of hydrogen-bond acceptors (Lipinski definition) is 2. The summed E-state index contributed by atoms with van der Waals surface area (Å²) in [5.41, 5.74) is 0. The van der Waals surface area contributed by atoms with Crippen LogP contribution in [0.25, 0.3) is 0 Å². The molecule has 0 rings (SSSR count). The van der Waals surface area contributed by atoms with Crippen molar-refractivity contribution in [1.82, 2.24) is 0 Å². The predicted octanol–water partition coefficient (Wildman–Crippen LogP) is 6.08. The molecule has 0 N–H and O–H groups in total. The number of carbonyl (C=O) groups is 1. The average Bonchev–Trinajstić information content (AvgIpc) is 2.57. The Morgan fingerprint density at radius 2 is 1.26 bits per heavy atom. The summed E-state index contributed by atoms with van der Waals surface area (Å²) < 4.78 is 4.48. The van der Waals surface area contributed by atoms with Crippen molar-refractivity contribution in [1.29, 1.82) is 0 Å². The van der Waals surface area contributed by atoms with Gasteiger partial charge < -0.3 is 4.74 Å². The van der Waals surface area contributed by atoms with E-state index in [0.29, 0.717) is 0 Å². The molecular formula is C21H32O2. The molecule has 0 bridgehead atoms. The summed E-state index contributed by atoms with van der Waals surface area (Å²) in [6, 6.07) is 0.